The Morgan fingerprint density at radius 1 is 1.29 bits per heavy atom. The van der Waals surface area contributed by atoms with E-state index in [1.54, 1.807) is 0 Å². The van der Waals surface area contributed by atoms with Gasteiger partial charge in [0.2, 0.25) is 0 Å². The van der Waals surface area contributed by atoms with E-state index in [0.717, 1.165) is 18.8 Å². The Hall–Kier alpha value is -0.120. The fourth-order valence-electron chi connectivity index (χ4n) is 2.83. The molecule has 102 valence electrons. The van der Waals surface area contributed by atoms with Gasteiger partial charge in [0.05, 0.1) is 0 Å². The van der Waals surface area contributed by atoms with Crippen LogP contribution in [0.2, 0.25) is 0 Å². The molecule has 1 rings (SSSR count). The molecule has 2 atom stereocenters. The fourth-order valence-corrected chi connectivity index (χ4v) is 2.83. The highest BCUT2D eigenvalue weighted by Gasteiger charge is 2.23. The van der Waals surface area contributed by atoms with Crippen LogP contribution >= 0.6 is 0 Å². The van der Waals surface area contributed by atoms with Crippen LogP contribution in [0.3, 0.4) is 0 Å². The van der Waals surface area contributed by atoms with Gasteiger partial charge in [-0.1, -0.05) is 6.92 Å². The summed E-state index contributed by atoms with van der Waals surface area (Å²) in [5.74, 6) is 0.828. The van der Waals surface area contributed by atoms with Crippen LogP contribution in [0, 0.1) is 5.92 Å². The second-order valence-electron chi connectivity index (χ2n) is 5.49. The van der Waals surface area contributed by atoms with Crippen molar-refractivity contribution in [2.45, 2.75) is 58.5 Å². The van der Waals surface area contributed by atoms with E-state index in [-0.39, 0.29) is 0 Å². The average molecular weight is 242 g/mol. The number of aliphatic hydroxyl groups is 1. The predicted octanol–water partition coefficient (Wildman–Crippen LogP) is 1.86. The van der Waals surface area contributed by atoms with Crippen molar-refractivity contribution in [1.82, 2.24) is 10.2 Å². The largest absolute Gasteiger partial charge is 0.396 e. The van der Waals surface area contributed by atoms with Gasteiger partial charge in [-0.25, -0.2) is 0 Å². The normalized spacial score (nSPS) is 22.6. The second kappa shape index (κ2) is 8.06. The molecule has 0 spiro atoms. The smallest absolute Gasteiger partial charge is 0.0431 e. The van der Waals surface area contributed by atoms with E-state index in [2.05, 4.69) is 31.0 Å². The number of hydrogen-bond acceptors (Lipinski definition) is 3. The van der Waals surface area contributed by atoms with Crippen LogP contribution in [-0.4, -0.2) is 48.3 Å². The van der Waals surface area contributed by atoms with Gasteiger partial charge in [-0.3, -0.25) is 0 Å². The minimum Gasteiger partial charge on any atom is -0.396 e. The third kappa shape index (κ3) is 5.36. The van der Waals surface area contributed by atoms with E-state index < -0.39 is 0 Å². The Balaban J connectivity index is 2.21. The van der Waals surface area contributed by atoms with E-state index in [9.17, 15) is 0 Å². The number of piperidine rings is 1. The van der Waals surface area contributed by atoms with E-state index in [1.807, 2.05) is 0 Å². The number of nitrogens with zero attached hydrogens (tertiary/aromatic N) is 1. The second-order valence-corrected chi connectivity index (χ2v) is 5.49. The lowest BCUT2D eigenvalue weighted by Gasteiger charge is -2.35. The van der Waals surface area contributed by atoms with Crippen LogP contribution in [0.4, 0.5) is 0 Å². The Kier molecular flexibility index (Phi) is 7.09. The number of hydrogen-bond donors (Lipinski definition) is 2. The lowest BCUT2D eigenvalue weighted by molar-refractivity contribution is 0.163. The molecule has 17 heavy (non-hydrogen) atoms. The van der Waals surface area contributed by atoms with Gasteiger partial charge in [0.15, 0.2) is 0 Å². The molecule has 1 aliphatic rings. The van der Waals surface area contributed by atoms with Gasteiger partial charge < -0.3 is 15.3 Å². The highest BCUT2D eigenvalue weighted by atomic mass is 16.2. The molecule has 1 aliphatic heterocycles. The Morgan fingerprint density at radius 3 is 2.47 bits per heavy atom. The standard InChI is InChI=1S/C14H30N2O/c1-4-16-9-7-14(8-10-16)13(3)15-12(2)6-5-11-17/h12-15,17H,4-11H2,1-3H3. The fraction of sp³-hybridized carbons (Fsp3) is 1.00. The average Bonchev–Trinajstić information content (AvgIpc) is 2.36. The van der Waals surface area contributed by atoms with Crippen molar-refractivity contribution in [3.8, 4) is 0 Å². The van der Waals surface area contributed by atoms with Crippen LogP contribution < -0.4 is 5.32 Å². The Bertz CT molecular complexity index is 191. The monoisotopic (exact) mass is 242 g/mol. The molecule has 2 N–H and O–H groups in total. The molecule has 0 aromatic rings. The molecular formula is C14H30N2O. The summed E-state index contributed by atoms with van der Waals surface area (Å²) in [5.41, 5.74) is 0. The van der Waals surface area contributed by atoms with E-state index in [1.165, 1.54) is 32.5 Å². The van der Waals surface area contributed by atoms with Crippen LogP contribution in [-0.2, 0) is 0 Å². The van der Waals surface area contributed by atoms with E-state index in [4.69, 9.17) is 5.11 Å². The van der Waals surface area contributed by atoms with Gasteiger partial charge in [-0.15, -0.1) is 0 Å². The molecule has 1 saturated heterocycles. The molecule has 0 amide bonds. The molecule has 0 bridgehead atoms. The van der Waals surface area contributed by atoms with Gasteiger partial charge >= 0.3 is 0 Å². The topological polar surface area (TPSA) is 35.5 Å². The van der Waals surface area contributed by atoms with E-state index in [0.29, 0.717) is 18.7 Å². The molecule has 0 saturated carbocycles. The zero-order chi connectivity index (χ0) is 12.7. The van der Waals surface area contributed by atoms with Gasteiger partial charge in [0, 0.05) is 18.7 Å². The summed E-state index contributed by atoms with van der Waals surface area (Å²) in [6, 6.07) is 1.14. The van der Waals surface area contributed by atoms with E-state index >= 15 is 0 Å². The van der Waals surface area contributed by atoms with Crippen molar-refractivity contribution in [3.05, 3.63) is 0 Å². The number of likely N-dealkylation sites (tertiary alicyclic amines) is 1. The number of aliphatic hydroxyl groups excluding tert-OH is 1. The molecule has 0 aromatic heterocycles. The van der Waals surface area contributed by atoms with Gasteiger partial charge in [0.25, 0.3) is 0 Å². The van der Waals surface area contributed by atoms with Crippen molar-refractivity contribution in [2.24, 2.45) is 5.92 Å². The summed E-state index contributed by atoms with van der Waals surface area (Å²) in [5, 5.41) is 12.5. The summed E-state index contributed by atoms with van der Waals surface area (Å²) >= 11 is 0. The first-order chi connectivity index (χ1) is 8.17. The van der Waals surface area contributed by atoms with Crippen molar-refractivity contribution in [1.29, 1.82) is 0 Å². The predicted molar refractivity (Wildman–Crippen MR) is 73.2 cm³/mol. The first-order valence-corrected chi connectivity index (χ1v) is 7.26. The van der Waals surface area contributed by atoms with Crippen molar-refractivity contribution >= 4 is 0 Å². The van der Waals surface area contributed by atoms with Gasteiger partial charge in [-0.2, -0.15) is 0 Å². The van der Waals surface area contributed by atoms with Crippen LogP contribution in [0.5, 0.6) is 0 Å². The minimum absolute atomic E-state index is 0.315. The first-order valence-electron chi connectivity index (χ1n) is 7.26. The van der Waals surface area contributed by atoms with Crippen molar-refractivity contribution < 1.29 is 5.11 Å². The summed E-state index contributed by atoms with van der Waals surface area (Å²) in [7, 11) is 0. The zero-order valence-electron chi connectivity index (χ0n) is 11.8. The minimum atomic E-state index is 0.315. The summed E-state index contributed by atoms with van der Waals surface area (Å²) < 4.78 is 0. The lowest BCUT2D eigenvalue weighted by atomic mass is 9.90. The Labute approximate surface area is 107 Å². The van der Waals surface area contributed by atoms with Crippen molar-refractivity contribution in [3.63, 3.8) is 0 Å². The molecule has 0 aromatic carbocycles. The maximum absolute atomic E-state index is 8.82. The number of nitrogens with one attached hydrogen (secondary N) is 1. The van der Waals surface area contributed by atoms with Crippen LogP contribution in [0.25, 0.3) is 0 Å². The molecule has 0 aliphatic carbocycles. The molecular weight excluding hydrogens is 212 g/mol. The van der Waals surface area contributed by atoms with Crippen LogP contribution in [0.1, 0.15) is 46.5 Å². The lowest BCUT2D eigenvalue weighted by Crippen LogP contribution is -2.44. The first kappa shape index (κ1) is 14.9. The quantitative estimate of drug-likeness (QED) is 0.715. The number of rotatable bonds is 7. The summed E-state index contributed by atoms with van der Waals surface area (Å²) in [6.07, 6.45) is 4.65. The molecule has 3 nitrogen and oxygen atoms in total. The molecule has 2 unspecified atom stereocenters. The highest BCUT2D eigenvalue weighted by molar-refractivity contribution is 4.80. The molecule has 1 fully saturated rings. The molecule has 0 radical (unpaired) electrons. The molecule has 1 heterocycles. The molecule has 3 heteroatoms. The maximum atomic E-state index is 8.82. The summed E-state index contributed by atoms with van der Waals surface area (Å²) in [6.45, 7) is 10.8. The Morgan fingerprint density at radius 2 is 1.94 bits per heavy atom. The summed E-state index contributed by atoms with van der Waals surface area (Å²) in [4.78, 5) is 2.54. The van der Waals surface area contributed by atoms with Gasteiger partial charge in [-0.05, 0) is 65.1 Å². The third-order valence-electron chi connectivity index (χ3n) is 4.13. The SMILES string of the molecule is CCN1CCC(C(C)NC(C)CCCO)CC1. The third-order valence-corrected chi connectivity index (χ3v) is 4.13. The zero-order valence-corrected chi connectivity index (χ0v) is 11.8. The maximum Gasteiger partial charge on any atom is 0.0431 e. The van der Waals surface area contributed by atoms with Crippen LogP contribution in [0.15, 0.2) is 0 Å². The van der Waals surface area contributed by atoms with Crippen molar-refractivity contribution in [2.75, 3.05) is 26.2 Å². The highest BCUT2D eigenvalue weighted by Crippen LogP contribution is 2.20. The van der Waals surface area contributed by atoms with Gasteiger partial charge in [0.1, 0.15) is 0 Å².